The van der Waals surface area contributed by atoms with E-state index in [9.17, 15) is 0 Å². The van der Waals surface area contributed by atoms with E-state index in [4.69, 9.17) is 16.7 Å². The van der Waals surface area contributed by atoms with Crippen LogP contribution in [0.3, 0.4) is 0 Å². The molecular formula is C8H17ClO. The minimum absolute atomic E-state index is 0.327. The molecule has 0 aliphatic carbocycles. The Bertz CT molecular complexity index is 66.3. The van der Waals surface area contributed by atoms with Crippen LogP contribution < -0.4 is 0 Å². The summed E-state index contributed by atoms with van der Waals surface area (Å²) in [5.74, 6) is 1.49. The molecule has 10 heavy (non-hydrogen) atoms. The number of hydrogen-bond acceptors (Lipinski definition) is 1. The second kappa shape index (κ2) is 7.36. The van der Waals surface area contributed by atoms with Crippen LogP contribution in [0.4, 0.5) is 0 Å². The lowest BCUT2D eigenvalue weighted by molar-refractivity contribution is 0.278. The molecule has 0 heterocycles. The number of aliphatic hydroxyl groups excluding tert-OH is 1. The van der Waals surface area contributed by atoms with Gasteiger partial charge in [0.2, 0.25) is 0 Å². The average molecular weight is 165 g/mol. The van der Waals surface area contributed by atoms with Crippen LogP contribution in [0.1, 0.15) is 32.6 Å². The van der Waals surface area contributed by atoms with E-state index < -0.39 is 0 Å². The van der Waals surface area contributed by atoms with Crippen molar-refractivity contribution in [3.05, 3.63) is 0 Å². The first kappa shape index (κ1) is 10.2. The largest absolute Gasteiger partial charge is 0.396 e. The maximum absolute atomic E-state index is 8.48. The van der Waals surface area contributed by atoms with Crippen molar-refractivity contribution in [3.8, 4) is 0 Å². The summed E-state index contributed by atoms with van der Waals surface area (Å²) in [6.45, 7) is 2.54. The van der Waals surface area contributed by atoms with Gasteiger partial charge in [0.05, 0.1) is 0 Å². The van der Waals surface area contributed by atoms with Crippen molar-refractivity contribution >= 4 is 11.6 Å². The van der Waals surface area contributed by atoms with Crippen LogP contribution in [-0.2, 0) is 0 Å². The van der Waals surface area contributed by atoms with Crippen molar-refractivity contribution in [2.45, 2.75) is 32.6 Å². The van der Waals surface area contributed by atoms with Crippen molar-refractivity contribution in [2.24, 2.45) is 5.92 Å². The molecule has 0 unspecified atom stereocenters. The molecule has 0 aliphatic heterocycles. The Morgan fingerprint density at radius 2 is 2.00 bits per heavy atom. The van der Waals surface area contributed by atoms with E-state index in [1.165, 1.54) is 6.42 Å². The molecule has 0 amide bonds. The third-order valence-corrected chi connectivity index (χ3v) is 1.93. The minimum atomic E-state index is 0.327. The molecule has 0 aromatic rings. The summed E-state index contributed by atoms with van der Waals surface area (Å²) < 4.78 is 0. The van der Waals surface area contributed by atoms with E-state index in [1.54, 1.807) is 0 Å². The van der Waals surface area contributed by atoms with Gasteiger partial charge in [0.25, 0.3) is 0 Å². The Labute approximate surface area is 68.4 Å². The fourth-order valence-corrected chi connectivity index (χ4v) is 1.31. The molecule has 0 aliphatic rings. The molecule has 0 aromatic carbocycles. The third kappa shape index (κ3) is 6.37. The molecule has 0 radical (unpaired) electrons. The Morgan fingerprint density at radius 3 is 2.50 bits per heavy atom. The Hall–Kier alpha value is 0.250. The maximum Gasteiger partial charge on any atom is 0.0431 e. The smallest absolute Gasteiger partial charge is 0.0431 e. The highest BCUT2D eigenvalue weighted by atomic mass is 35.5. The van der Waals surface area contributed by atoms with Gasteiger partial charge in [-0.15, -0.1) is 11.6 Å². The molecule has 2 heteroatoms. The van der Waals surface area contributed by atoms with Crippen molar-refractivity contribution < 1.29 is 5.11 Å². The van der Waals surface area contributed by atoms with Crippen LogP contribution in [0, 0.1) is 5.92 Å². The molecule has 0 aromatic heterocycles. The quantitative estimate of drug-likeness (QED) is 0.472. The Balaban J connectivity index is 2.97. The number of alkyl halides is 1. The predicted octanol–water partition coefficient (Wildman–Crippen LogP) is 2.41. The van der Waals surface area contributed by atoms with Gasteiger partial charge in [0.1, 0.15) is 0 Å². The van der Waals surface area contributed by atoms with Crippen LogP contribution in [0.25, 0.3) is 0 Å². The molecule has 1 nitrogen and oxygen atoms in total. The Kier molecular flexibility index (Phi) is 7.54. The van der Waals surface area contributed by atoms with Crippen LogP contribution >= 0.6 is 11.6 Å². The molecule has 1 atom stereocenters. The van der Waals surface area contributed by atoms with E-state index >= 15 is 0 Å². The molecule has 0 rings (SSSR count). The zero-order chi connectivity index (χ0) is 7.82. The Morgan fingerprint density at radius 1 is 1.30 bits per heavy atom. The highest BCUT2D eigenvalue weighted by molar-refractivity contribution is 6.17. The maximum atomic E-state index is 8.48. The normalized spacial score (nSPS) is 13.5. The SMILES string of the molecule is C[C@@H](CCCl)CCCCO. The zero-order valence-corrected chi connectivity index (χ0v) is 7.40. The number of hydrogen-bond donors (Lipinski definition) is 1. The average Bonchev–Trinajstić information content (AvgIpc) is 1.89. The molecule has 62 valence electrons. The van der Waals surface area contributed by atoms with Gasteiger partial charge < -0.3 is 5.11 Å². The summed E-state index contributed by atoms with van der Waals surface area (Å²) >= 11 is 5.56. The summed E-state index contributed by atoms with van der Waals surface area (Å²) in [6.07, 6.45) is 4.38. The molecule has 1 N–H and O–H groups in total. The van der Waals surface area contributed by atoms with E-state index in [2.05, 4.69) is 6.92 Å². The van der Waals surface area contributed by atoms with Crippen molar-refractivity contribution in [2.75, 3.05) is 12.5 Å². The first-order valence-electron chi connectivity index (χ1n) is 3.98. The number of rotatable bonds is 6. The summed E-state index contributed by atoms with van der Waals surface area (Å²) in [5.41, 5.74) is 0. The van der Waals surface area contributed by atoms with Gasteiger partial charge in [-0.3, -0.25) is 0 Å². The van der Waals surface area contributed by atoms with E-state index in [0.717, 1.165) is 31.1 Å². The topological polar surface area (TPSA) is 20.2 Å². The molecule has 0 saturated heterocycles. The van der Waals surface area contributed by atoms with Gasteiger partial charge in [0, 0.05) is 12.5 Å². The van der Waals surface area contributed by atoms with Crippen LogP contribution in [0.15, 0.2) is 0 Å². The van der Waals surface area contributed by atoms with Gasteiger partial charge in [-0.05, 0) is 18.8 Å². The highest BCUT2D eigenvalue weighted by Crippen LogP contribution is 2.11. The lowest BCUT2D eigenvalue weighted by atomic mass is 10.0. The van der Waals surface area contributed by atoms with Crippen LogP contribution in [-0.4, -0.2) is 17.6 Å². The number of unbranched alkanes of at least 4 members (excludes halogenated alkanes) is 1. The molecule has 0 saturated carbocycles. The van der Waals surface area contributed by atoms with Gasteiger partial charge in [-0.2, -0.15) is 0 Å². The van der Waals surface area contributed by atoms with E-state index in [1.807, 2.05) is 0 Å². The first-order valence-corrected chi connectivity index (χ1v) is 4.51. The monoisotopic (exact) mass is 164 g/mol. The second-order valence-electron chi connectivity index (χ2n) is 2.80. The second-order valence-corrected chi connectivity index (χ2v) is 3.18. The summed E-state index contributed by atoms with van der Waals surface area (Å²) in [7, 11) is 0. The van der Waals surface area contributed by atoms with E-state index in [-0.39, 0.29) is 0 Å². The molecule has 0 spiro atoms. The summed E-state index contributed by atoms with van der Waals surface area (Å²) in [5, 5.41) is 8.48. The number of halogens is 1. The summed E-state index contributed by atoms with van der Waals surface area (Å²) in [6, 6.07) is 0. The van der Waals surface area contributed by atoms with Gasteiger partial charge in [-0.25, -0.2) is 0 Å². The highest BCUT2D eigenvalue weighted by Gasteiger charge is 1.99. The fourth-order valence-electron chi connectivity index (χ4n) is 0.935. The van der Waals surface area contributed by atoms with Gasteiger partial charge in [-0.1, -0.05) is 19.8 Å². The first-order chi connectivity index (χ1) is 4.81. The molecule has 0 fully saturated rings. The lowest BCUT2D eigenvalue weighted by Gasteiger charge is -2.07. The molecular weight excluding hydrogens is 148 g/mol. The zero-order valence-electron chi connectivity index (χ0n) is 6.65. The van der Waals surface area contributed by atoms with Crippen molar-refractivity contribution in [3.63, 3.8) is 0 Å². The van der Waals surface area contributed by atoms with Crippen LogP contribution in [0.2, 0.25) is 0 Å². The minimum Gasteiger partial charge on any atom is -0.396 e. The van der Waals surface area contributed by atoms with Crippen LogP contribution in [0.5, 0.6) is 0 Å². The van der Waals surface area contributed by atoms with Gasteiger partial charge >= 0.3 is 0 Å². The standard InChI is InChI=1S/C8H17ClO/c1-8(5-6-9)4-2-3-7-10/h8,10H,2-7H2,1H3/t8-/m1/s1. The number of aliphatic hydroxyl groups is 1. The lowest BCUT2D eigenvalue weighted by Crippen LogP contribution is -1.96. The molecule has 0 bridgehead atoms. The third-order valence-electron chi connectivity index (χ3n) is 1.71. The fraction of sp³-hybridized carbons (Fsp3) is 1.00. The van der Waals surface area contributed by atoms with E-state index in [0.29, 0.717) is 6.61 Å². The van der Waals surface area contributed by atoms with Gasteiger partial charge in [0.15, 0.2) is 0 Å². The van der Waals surface area contributed by atoms with Crippen molar-refractivity contribution in [1.82, 2.24) is 0 Å². The van der Waals surface area contributed by atoms with Crippen molar-refractivity contribution in [1.29, 1.82) is 0 Å². The predicted molar refractivity (Wildman–Crippen MR) is 45.4 cm³/mol. The summed E-state index contributed by atoms with van der Waals surface area (Å²) in [4.78, 5) is 0.